The first-order valence-electron chi connectivity index (χ1n) is 7.40. The van der Waals surface area contributed by atoms with Gasteiger partial charge in [0.15, 0.2) is 6.10 Å². The Morgan fingerprint density at radius 1 is 1.33 bits per heavy atom. The van der Waals surface area contributed by atoms with Gasteiger partial charge in [0.1, 0.15) is 5.00 Å². The zero-order valence-corrected chi connectivity index (χ0v) is 14.7. The number of esters is 1. The molecule has 0 radical (unpaired) electrons. The Morgan fingerprint density at radius 2 is 2.00 bits per heavy atom. The number of thiophene rings is 1. The molecule has 1 unspecified atom stereocenters. The van der Waals surface area contributed by atoms with E-state index in [0.29, 0.717) is 17.1 Å². The Kier molecular flexibility index (Phi) is 5.23. The van der Waals surface area contributed by atoms with E-state index in [-0.39, 0.29) is 18.0 Å². The van der Waals surface area contributed by atoms with Crippen LogP contribution >= 0.6 is 11.3 Å². The number of imide groups is 1. The first-order valence-corrected chi connectivity index (χ1v) is 8.21. The van der Waals surface area contributed by atoms with Gasteiger partial charge in [-0.05, 0) is 26.3 Å². The maximum atomic E-state index is 12.5. The molecule has 0 aromatic carbocycles. The van der Waals surface area contributed by atoms with Crippen LogP contribution in [0.3, 0.4) is 0 Å². The Hall–Kier alpha value is -2.42. The lowest BCUT2D eigenvalue weighted by Crippen LogP contribution is -2.41. The first kappa shape index (κ1) is 17.9. The molecule has 8 nitrogen and oxygen atoms in total. The van der Waals surface area contributed by atoms with Gasteiger partial charge in [-0.3, -0.25) is 14.5 Å². The minimum absolute atomic E-state index is 0.234. The molecule has 4 amide bonds. The van der Waals surface area contributed by atoms with Crippen molar-refractivity contribution < 1.29 is 23.9 Å². The summed E-state index contributed by atoms with van der Waals surface area (Å²) < 4.78 is 5.22. The molecule has 2 N–H and O–H groups in total. The summed E-state index contributed by atoms with van der Waals surface area (Å²) in [5.41, 5.74) is 0.922. The number of carbonyl (C=O) groups excluding carboxylic acids is 4. The van der Waals surface area contributed by atoms with Gasteiger partial charge in [0.05, 0.1) is 5.56 Å². The van der Waals surface area contributed by atoms with Crippen LogP contribution in [-0.2, 0) is 14.3 Å². The first-order chi connectivity index (χ1) is 11.2. The number of hydrogen-bond acceptors (Lipinski definition) is 6. The molecule has 1 aromatic rings. The minimum Gasteiger partial charge on any atom is -0.449 e. The highest BCUT2D eigenvalue weighted by Gasteiger charge is 2.33. The predicted molar refractivity (Wildman–Crippen MR) is 88.1 cm³/mol. The van der Waals surface area contributed by atoms with Crippen LogP contribution in [0.25, 0.3) is 0 Å². The van der Waals surface area contributed by atoms with E-state index in [1.54, 1.807) is 6.92 Å². The molecule has 0 saturated carbocycles. The number of ether oxygens (including phenoxy) is 1. The fourth-order valence-corrected chi connectivity index (χ4v) is 3.39. The summed E-state index contributed by atoms with van der Waals surface area (Å²) >= 11 is 1.27. The largest absolute Gasteiger partial charge is 0.449 e. The lowest BCUT2D eigenvalue weighted by atomic mass is 10.1. The highest BCUT2D eigenvalue weighted by Crippen LogP contribution is 2.33. The van der Waals surface area contributed by atoms with Gasteiger partial charge in [0.25, 0.3) is 5.91 Å². The van der Waals surface area contributed by atoms with Gasteiger partial charge in [-0.2, -0.15) is 0 Å². The molecule has 0 bridgehead atoms. The van der Waals surface area contributed by atoms with E-state index in [2.05, 4.69) is 10.6 Å². The maximum Gasteiger partial charge on any atom is 0.342 e. The van der Waals surface area contributed by atoms with Crippen LogP contribution in [0.1, 0.15) is 34.6 Å². The molecule has 1 aliphatic rings. The zero-order valence-electron chi connectivity index (χ0n) is 13.9. The van der Waals surface area contributed by atoms with Crippen molar-refractivity contribution in [2.45, 2.75) is 33.8 Å². The summed E-state index contributed by atoms with van der Waals surface area (Å²) in [6.45, 7) is 6.95. The molecule has 2 heterocycles. The lowest BCUT2D eigenvalue weighted by Gasteiger charge is -2.18. The Labute approximate surface area is 143 Å². The average molecular weight is 353 g/mol. The number of rotatable bonds is 4. The molecule has 2 rings (SSSR count). The number of nitrogens with zero attached hydrogens (tertiary/aromatic N) is 1. The second-order valence-electron chi connectivity index (χ2n) is 5.44. The molecule has 1 aliphatic heterocycles. The molecular formula is C15H19N3O5S. The topological polar surface area (TPSA) is 105 Å². The number of anilines is 1. The zero-order chi connectivity index (χ0) is 18.0. The molecule has 1 aromatic heterocycles. The molecule has 130 valence electrons. The van der Waals surface area contributed by atoms with Gasteiger partial charge >= 0.3 is 12.0 Å². The maximum absolute atomic E-state index is 12.5. The molecule has 1 saturated heterocycles. The number of urea groups is 1. The molecule has 1 atom stereocenters. The Morgan fingerprint density at radius 3 is 2.54 bits per heavy atom. The normalized spacial score (nSPS) is 15.0. The van der Waals surface area contributed by atoms with Crippen LogP contribution in [0.5, 0.6) is 0 Å². The van der Waals surface area contributed by atoms with E-state index in [9.17, 15) is 19.2 Å². The summed E-state index contributed by atoms with van der Waals surface area (Å²) in [4.78, 5) is 49.3. The van der Waals surface area contributed by atoms with Crippen LogP contribution in [0.4, 0.5) is 9.80 Å². The molecule has 24 heavy (non-hydrogen) atoms. The van der Waals surface area contributed by atoms with Crippen LogP contribution in [0, 0.1) is 13.8 Å². The van der Waals surface area contributed by atoms with Crippen LogP contribution < -0.4 is 10.6 Å². The van der Waals surface area contributed by atoms with E-state index in [0.717, 1.165) is 9.78 Å². The van der Waals surface area contributed by atoms with Crippen molar-refractivity contribution >= 4 is 40.2 Å². The predicted octanol–water partition coefficient (Wildman–Crippen LogP) is 1.42. The third kappa shape index (κ3) is 3.56. The van der Waals surface area contributed by atoms with Crippen molar-refractivity contribution in [2.75, 3.05) is 18.4 Å². The standard InChI is InChI=1S/C15H19N3O5S/c1-7-9(3)24-12(17-10(4)19)11(7)14(21)23-8(2)13(20)18-6-5-16-15(18)22/h8H,5-6H2,1-4H3,(H,16,22)(H,17,19). The van der Waals surface area contributed by atoms with Gasteiger partial charge < -0.3 is 15.4 Å². The number of nitrogens with one attached hydrogen (secondary N) is 2. The molecular weight excluding hydrogens is 334 g/mol. The van der Waals surface area contributed by atoms with Gasteiger partial charge in [-0.25, -0.2) is 9.59 Å². The third-order valence-corrected chi connectivity index (χ3v) is 4.76. The average Bonchev–Trinajstić information content (AvgIpc) is 3.02. The number of aryl methyl sites for hydroxylation is 1. The van der Waals surface area contributed by atoms with Gasteiger partial charge in [0.2, 0.25) is 5.91 Å². The smallest absolute Gasteiger partial charge is 0.342 e. The van der Waals surface area contributed by atoms with Crippen molar-refractivity contribution in [1.82, 2.24) is 10.2 Å². The van der Waals surface area contributed by atoms with E-state index < -0.39 is 24.0 Å². The minimum atomic E-state index is -1.11. The fraction of sp³-hybridized carbons (Fsp3) is 0.467. The summed E-state index contributed by atoms with van der Waals surface area (Å²) in [5.74, 6) is -1.59. The molecule has 0 spiro atoms. The summed E-state index contributed by atoms with van der Waals surface area (Å²) in [5, 5.41) is 5.50. The highest BCUT2D eigenvalue weighted by molar-refractivity contribution is 7.16. The monoisotopic (exact) mass is 353 g/mol. The van der Waals surface area contributed by atoms with Crippen molar-refractivity contribution in [3.05, 3.63) is 16.0 Å². The van der Waals surface area contributed by atoms with Crippen molar-refractivity contribution in [2.24, 2.45) is 0 Å². The van der Waals surface area contributed by atoms with E-state index in [1.807, 2.05) is 6.92 Å². The van der Waals surface area contributed by atoms with Gasteiger partial charge in [-0.1, -0.05) is 0 Å². The SMILES string of the molecule is CC(=O)Nc1sc(C)c(C)c1C(=O)OC(C)C(=O)N1CCNC1=O. The lowest BCUT2D eigenvalue weighted by molar-refractivity contribution is -0.136. The fourth-order valence-electron chi connectivity index (χ4n) is 2.29. The van der Waals surface area contributed by atoms with Crippen LogP contribution in [0.2, 0.25) is 0 Å². The molecule has 9 heteroatoms. The Balaban J connectivity index is 2.16. The summed E-state index contributed by atoms with van der Waals surface area (Å²) in [6, 6.07) is -0.496. The van der Waals surface area contributed by atoms with E-state index in [1.165, 1.54) is 25.2 Å². The van der Waals surface area contributed by atoms with Crippen molar-refractivity contribution in [3.8, 4) is 0 Å². The van der Waals surface area contributed by atoms with E-state index in [4.69, 9.17) is 4.74 Å². The third-order valence-electron chi connectivity index (χ3n) is 3.63. The van der Waals surface area contributed by atoms with Crippen molar-refractivity contribution in [3.63, 3.8) is 0 Å². The van der Waals surface area contributed by atoms with Crippen molar-refractivity contribution in [1.29, 1.82) is 0 Å². The number of hydrogen-bond donors (Lipinski definition) is 2. The van der Waals surface area contributed by atoms with Gasteiger partial charge in [0, 0.05) is 24.9 Å². The van der Waals surface area contributed by atoms with Gasteiger partial charge in [-0.15, -0.1) is 11.3 Å². The molecule has 1 fully saturated rings. The number of amides is 4. The Bertz CT molecular complexity index is 712. The van der Waals surface area contributed by atoms with Crippen LogP contribution in [-0.4, -0.2) is 47.9 Å². The highest BCUT2D eigenvalue weighted by atomic mass is 32.1. The molecule has 0 aliphatic carbocycles. The van der Waals surface area contributed by atoms with E-state index >= 15 is 0 Å². The summed E-state index contributed by atoms with van der Waals surface area (Å²) in [7, 11) is 0. The quantitative estimate of drug-likeness (QED) is 0.797. The van der Waals surface area contributed by atoms with Crippen LogP contribution in [0.15, 0.2) is 0 Å². The number of carbonyl (C=O) groups is 4. The second-order valence-corrected chi connectivity index (χ2v) is 6.66. The summed E-state index contributed by atoms with van der Waals surface area (Å²) in [6.07, 6.45) is -1.11. The second kappa shape index (κ2) is 7.00.